The summed E-state index contributed by atoms with van der Waals surface area (Å²) < 4.78 is 7.38. The minimum absolute atomic E-state index is 0.0744. The maximum Gasteiger partial charge on any atom is 0.407 e. The lowest BCUT2D eigenvalue weighted by molar-refractivity contribution is -0.158. The number of aliphatic hydroxyl groups is 1. The van der Waals surface area contributed by atoms with Crippen molar-refractivity contribution in [3.05, 3.63) is 78.0 Å². The third-order valence-corrected chi connectivity index (χ3v) is 6.67. The molecular weight excluding hydrogens is 498 g/mol. The molecule has 0 unspecified atom stereocenters. The predicted octanol–water partition coefficient (Wildman–Crippen LogP) is 4.35. The third kappa shape index (κ3) is 6.31. The average Bonchev–Trinajstić information content (AvgIpc) is 3.24. The van der Waals surface area contributed by atoms with Gasteiger partial charge in [-0.15, -0.1) is 0 Å². The van der Waals surface area contributed by atoms with Gasteiger partial charge in [-0.1, -0.05) is 48.5 Å². The van der Waals surface area contributed by atoms with Crippen LogP contribution < -0.4 is 0 Å². The Morgan fingerprint density at radius 3 is 2.21 bits per heavy atom. The first-order valence-corrected chi connectivity index (χ1v) is 13.0. The van der Waals surface area contributed by atoms with E-state index in [1.807, 2.05) is 78.2 Å². The summed E-state index contributed by atoms with van der Waals surface area (Å²) in [5.41, 5.74) is 2.97. The van der Waals surface area contributed by atoms with Crippen molar-refractivity contribution in [2.45, 2.75) is 51.9 Å². The first-order valence-electron chi connectivity index (χ1n) is 13.0. The molecule has 2 atom stereocenters. The number of amides is 2. The van der Waals surface area contributed by atoms with Gasteiger partial charge in [-0.05, 0) is 51.5 Å². The normalized spacial score (nSPS) is 16.6. The van der Waals surface area contributed by atoms with Gasteiger partial charge in [0.15, 0.2) is 0 Å². The Morgan fingerprint density at radius 2 is 1.62 bits per heavy atom. The molecule has 0 bridgehead atoms. The minimum atomic E-state index is -1.32. The summed E-state index contributed by atoms with van der Waals surface area (Å²) in [6.45, 7) is 7.15. The number of rotatable bonds is 6. The number of ether oxygens (including phenoxy) is 1. The van der Waals surface area contributed by atoms with Crippen LogP contribution in [0.4, 0.5) is 4.79 Å². The highest BCUT2D eigenvalue weighted by Crippen LogP contribution is 2.33. The number of carboxylic acid groups (broad SMARTS) is 1. The Hall–Kier alpha value is -4.11. The van der Waals surface area contributed by atoms with E-state index in [0.29, 0.717) is 11.3 Å². The molecule has 9 heteroatoms. The van der Waals surface area contributed by atoms with Crippen molar-refractivity contribution in [1.82, 2.24) is 14.4 Å². The summed E-state index contributed by atoms with van der Waals surface area (Å²) in [7, 11) is 0. The number of carbonyl (C=O) groups excluding carboxylic acids is 2. The zero-order valence-corrected chi connectivity index (χ0v) is 22.7. The number of aromatic nitrogens is 1. The highest BCUT2D eigenvalue weighted by atomic mass is 16.6. The summed E-state index contributed by atoms with van der Waals surface area (Å²) in [5.74, 6) is -0.962. The predicted molar refractivity (Wildman–Crippen MR) is 147 cm³/mol. The summed E-state index contributed by atoms with van der Waals surface area (Å²) in [5, 5.41) is 20.7. The van der Waals surface area contributed by atoms with Crippen LogP contribution in [0.25, 0.3) is 16.9 Å². The Labute approximate surface area is 228 Å². The molecule has 1 fully saturated rings. The number of carbonyl (C=O) groups is 3. The first kappa shape index (κ1) is 27.9. The first-order chi connectivity index (χ1) is 18.5. The number of benzene rings is 2. The SMILES string of the molecule is Cc1cc(C(=O)N2CCN(C(=O)O)C[C@H]2[C@H](O)CC(=O)OC(C)(C)C)c(-c2ccccc2)n1-c1ccccc1. The van der Waals surface area contributed by atoms with Gasteiger partial charge in [0.05, 0.1) is 29.8 Å². The van der Waals surface area contributed by atoms with Crippen molar-refractivity contribution in [2.24, 2.45) is 0 Å². The molecule has 2 amide bonds. The van der Waals surface area contributed by atoms with E-state index in [1.165, 1.54) is 4.90 Å². The van der Waals surface area contributed by atoms with Gasteiger partial charge in [0.25, 0.3) is 5.91 Å². The van der Waals surface area contributed by atoms with E-state index < -0.39 is 29.8 Å². The van der Waals surface area contributed by atoms with Gasteiger partial charge in [0, 0.05) is 31.0 Å². The molecule has 9 nitrogen and oxygen atoms in total. The van der Waals surface area contributed by atoms with Crippen LogP contribution in [0.15, 0.2) is 66.7 Å². The number of hydrogen-bond donors (Lipinski definition) is 2. The lowest BCUT2D eigenvalue weighted by Crippen LogP contribution is -2.60. The molecule has 1 aliphatic rings. The molecule has 1 aliphatic heterocycles. The molecule has 2 heterocycles. The number of nitrogens with zero attached hydrogens (tertiary/aromatic N) is 3. The van der Waals surface area contributed by atoms with E-state index in [1.54, 1.807) is 20.8 Å². The van der Waals surface area contributed by atoms with E-state index in [-0.39, 0.29) is 32.0 Å². The van der Waals surface area contributed by atoms with Crippen molar-refractivity contribution < 1.29 is 29.3 Å². The van der Waals surface area contributed by atoms with E-state index in [2.05, 4.69) is 0 Å². The molecule has 3 aromatic rings. The Balaban J connectivity index is 1.74. The standard InChI is InChI=1S/C30H35N3O6/c1-20-17-23(27(21-11-7-5-8-12-21)33(20)22-13-9-6-10-14-22)28(36)32-16-15-31(29(37)38)19-24(32)25(34)18-26(35)39-30(2,3)4/h5-14,17,24-25,34H,15-16,18-19H2,1-4H3,(H,37,38)/t24-,25+/m0/s1. The summed E-state index contributed by atoms with van der Waals surface area (Å²) >= 11 is 0. The van der Waals surface area contributed by atoms with Crippen molar-refractivity contribution in [2.75, 3.05) is 19.6 Å². The van der Waals surface area contributed by atoms with Crippen LogP contribution in [0, 0.1) is 6.92 Å². The summed E-state index contributed by atoms with van der Waals surface area (Å²) in [6.07, 6.45) is -2.83. The van der Waals surface area contributed by atoms with E-state index in [0.717, 1.165) is 21.8 Å². The molecule has 39 heavy (non-hydrogen) atoms. The number of para-hydroxylation sites is 1. The Kier molecular flexibility index (Phi) is 8.11. The van der Waals surface area contributed by atoms with Gasteiger partial charge in [-0.3, -0.25) is 9.59 Å². The van der Waals surface area contributed by atoms with Crippen LogP contribution in [-0.2, 0) is 9.53 Å². The van der Waals surface area contributed by atoms with Gasteiger partial charge >= 0.3 is 12.1 Å². The molecule has 206 valence electrons. The molecule has 0 spiro atoms. The second-order valence-corrected chi connectivity index (χ2v) is 10.7. The molecular formula is C30H35N3O6. The van der Waals surface area contributed by atoms with E-state index >= 15 is 0 Å². The fourth-order valence-electron chi connectivity index (χ4n) is 5.00. The smallest absolute Gasteiger partial charge is 0.407 e. The van der Waals surface area contributed by atoms with Crippen LogP contribution in [-0.4, -0.2) is 79.9 Å². The number of aryl methyl sites for hydroxylation is 1. The van der Waals surface area contributed by atoms with Gasteiger partial charge in [-0.25, -0.2) is 4.79 Å². The van der Waals surface area contributed by atoms with Crippen LogP contribution in [0.3, 0.4) is 0 Å². The molecule has 4 rings (SSSR count). The van der Waals surface area contributed by atoms with Crippen molar-refractivity contribution in [3.8, 4) is 16.9 Å². The molecule has 0 radical (unpaired) electrons. The number of esters is 1. The maximum absolute atomic E-state index is 14.2. The van der Waals surface area contributed by atoms with Gasteiger partial charge in [-0.2, -0.15) is 0 Å². The lowest BCUT2D eigenvalue weighted by atomic mass is 10.00. The second kappa shape index (κ2) is 11.3. The number of piperazine rings is 1. The fraction of sp³-hybridized carbons (Fsp3) is 0.367. The summed E-state index contributed by atoms with van der Waals surface area (Å²) in [6, 6.07) is 20.2. The molecule has 2 aromatic carbocycles. The molecule has 1 saturated heterocycles. The summed E-state index contributed by atoms with van der Waals surface area (Å²) in [4.78, 5) is 41.1. The van der Waals surface area contributed by atoms with Crippen LogP contribution in [0.1, 0.15) is 43.2 Å². The van der Waals surface area contributed by atoms with Gasteiger partial charge < -0.3 is 29.3 Å². The van der Waals surface area contributed by atoms with Gasteiger partial charge in [0.1, 0.15) is 5.60 Å². The van der Waals surface area contributed by atoms with Crippen molar-refractivity contribution >= 4 is 18.0 Å². The highest BCUT2D eigenvalue weighted by Gasteiger charge is 2.39. The molecule has 1 aromatic heterocycles. The van der Waals surface area contributed by atoms with Crippen LogP contribution in [0.5, 0.6) is 0 Å². The molecule has 0 aliphatic carbocycles. The van der Waals surface area contributed by atoms with Crippen LogP contribution in [0.2, 0.25) is 0 Å². The third-order valence-electron chi connectivity index (χ3n) is 6.67. The zero-order valence-electron chi connectivity index (χ0n) is 22.7. The van der Waals surface area contributed by atoms with Crippen molar-refractivity contribution in [1.29, 1.82) is 0 Å². The van der Waals surface area contributed by atoms with E-state index in [4.69, 9.17) is 4.74 Å². The number of aliphatic hydroxyl groups excluding tert-OH is 1. The monoisotopic (exact) mass is 533 g/mol. The largest absolute Gasteiger partial charge is 0.465 e. The van der Waals surface area contributed by atoms with E-state index in [9.17, 15) is 24.6 Å². The fourth-order valence-corrected chi connectivity index (χ4v) is 5.00. The Bertz CT molecular complexity index is 1330. The number of hydrogen-bond acceptors (Lipinski definition) is 5. The van der Waals surface area contributed by atoms with Crippen LogP contribution >= 0.6 is 0 Å². The van der Waals surface area contributed by atoms with Gasteiger partial charge in [0.2, 0.25) is 0 Å². The zero-order chi connectivity index (χ0) is 28.3. The topological polar surface area (TPSA) is 112 Å². The molecule has 2 N–H and O–H groups in total. The maximum atomic E-state index is 14.2. The lowest BCUT2D eigenvalue weighted by Gasteiger charge is -2.42. The second-order valence-electron chi connectivity index (χ2n) is 10.7. The highest BCUT2D eigenvalue weighted by molar-refractivity contribution is 6.01. The minimum Gasteiger partial charge on any atom is -0.465 e. The average molecular weight is 534 g/mol. The Morgan fingerprint density at radius 1 is 1.00 bits per heavy atom. The molecule has 0 saturated carbocycles. The van der Waals surface area contributed by atoms with Crippen molar-refractivity contribution in [3.63, 3.8) is 0 Å². The quantitative estimate of drug-likeness (QED) is 0.456.